The molecule has 0 aromatic rings. The van der Waals surface area contributed by atoms with Crippen LogP contribution in [0, 0.1) is 0 Å². The maximum Gasteiger partial charge on any atom is 0.00974 e. The summed E-state index contributed by atoms with van der Waals surface area (Å²) in [6.45, 7) is 7.38. The molecule has 0 bridgehead atoms. The molecule has 0 aromatic carbocycles. The van der Waals surface area contributed by atoms with Crippen LogP contribution in [0.2, 0.25) is 0 Å². The summed E-state index contributed by atoms with van der Waals surface area (Å²) in [6.07, 6.45) is 5.00. The predicted molar refractivity (Wildman–Crippen MR) is 47.7 cm³/mol. The smallest absolute Gasteiger partial charge is 0.00974 e. The Morgan fingerprint density at radius 2 is 1.60 bits per heavy atom. The fraction of sp³-hybridized carbons (Fsp3) is 1.00. The zero-order chi connectivity index (χ0) is 8.24. The molecule has 0 unspecified atom stereocenters. The molecular formula is C8H22N2. The second kappa shape index (κ2) is 16.0. The molecule has 0 amide bonds. The van der Waals surface area contributed by atoms with Crippen LogP contribution in [0.25, 0.3) is 0 Å². The third kappa shape index (κ3) is 24.7. The van der Waals surface area contributed by atoms with Crippen molar-refractivity contribution in [2.45, 2.75) is 46.5 Å². The van der Waals surface area contributed by atoms with Crippen LogP contribution in [0.15, 0.2) is 0 Å². The first-order valence-electron chi connectivity index (χ1n) is 4.26. The van der Waals surface area contributed by atoms with E-state index in [1.807, 2.05) is 0 Å². The van der Waals surface area contributed by atoms with Gasteiger partial charge in [0.15, 0.2) is 0 Å². The maximum atomic E-state index is 5.02. The normalized spacial score (nSPS) is 8.40. The molecule has 0 atom stereocenters. The molecule has 64 valence electrons. The van der Waals surface area contributed by atoms with Gasteiger partial charge in [0.25, 0.3) is 0 Å². The second-order valence-electron chi connectivity index (χ2n) is 2.37. The SMILES string of the molecule is CCC.CCCCCNN. The Bertz CT molecular complexity index is 34.2. The molecule has 0 fully saturated rings. The van der Waals surface area contributed by atoms with Gasteiger partial charge in [-0.2, -0.15) is 0 Å². The van der Waals surface area contributed by atoms with Crippen LogP contribution in [0.1, 0.15) is 46.5 Å². The molecule has 2 heteroatoms. The van der Waals surface area contributed by atoms with Crippen molar-refractivity contribution in [2.75, 3.05) is 6.54 Å². The lowest BCUT2D eigenvalue weighted by Crippen LogP contribution is -2.22. The average Bonchev–Trinajstić information content (AvgIpc) is 1.91. The highest BCUT2D eigenvalue weighted by molar-refractivity contribution is 4.37. The standard InChI is InChI=1S/C5H14N2.C3H8/c1-2-3-4-5-7-6;1-3-2/h7H,2-6H2,1H3;3H2,1-2H3. The van der Waals surface area contributed by atoms with Crippen LogP contribution in [0.3, 0.4) is 0 Å². The number of nitrogens with two attached hydrogens (primary N) is 1. The van der Waals surface area contributed by atoms with E-state index in [0.717, 1.165) is 6.54 Å². The Balaban J connectivity index is 0. The van der Waals surface area contributed by atoms with Crippen molar-refractivity contribution in [2.24, 2.45) is 5.84 Å². The highest BCUT2D eigenvalue weighted by atomic mass is 15.2. The highest BCUT2D eigenvalue weighted by Gasteiger charge is 1.79. The number of hydrazine groups is 1. The van der Waals surface area contributed by atoms with Gasteiger partial charge in [-0.3, -0.25) is 11.3 Å². The summed E-state index contributed by atoms with van der Waals surface area (Å²) in [5, 5.41) is 0. The number of hydrogen-bond acceptors (Lipinski definition) is 2. The maximum absolute atomic E-state index is 5.02. The van der Waals surface area contributed by atoms with Crippen molar-refractivity contribution < 1.29 is 0 Å². The van der Waals surface area contributed by atoms with Gasteiger partial charge in [0, 0.05) is 6.54 Å². The van der Waals surface area contributed by atoms with Crippen LogP contribution in [0.4, 0.5) is 0 Å². The molecule has 10 heavy (non-hydrogen) atoms. The van der Waals surface area contributed by atoms with Crippen LogP contribution in [-0.2, 0) is 0 Å². The first-order chi connectivity index (χ1) is 4.83. The van der Waals surface area contributed by atoms with Gasteiger partial charge in [0.1, 0.15) is 0 Å². The molecule has 0 aliphatic rings. The zero-order valence-corrected chi connectivity index (χ0v) is 7.61. The van der Waals surface area contributed by atoms with Crippen molar-refractivity contribution in [1.29, 1.82) is 0 Å². The molecule has 0 saturated carbocycles. The second-order valence-corrected chi connectivity index (χ2v) is 2.37. The van der Waals surface area contributed by atoms with Crippen molar-refractivity contribution in [3.63, 3.8) is 0 Å². The molecule has 0 aromatic heterocycles. The number of rotatable bonds is 4. The summed E-state index contributed by atoms with van der Waals surface area (Å²) in [6, 6.07) is 0. The monoisotopic (exact) mass is 146 g/mol. The lowest BCUT2D eigenvalue weighted by Gasteiger charge is -1.93. The predicted octanol–water partition coefficient (Wildman–Crippen LogP) is 2.06. The molecule has 0 aliphatic carbocycles. The van der Waals surface area contributed by atoms with Gasteiger partial charge in [-0.1, -0.05) is 40.0 Å². The molecule has 2 nitrogen and oxygen atoms in total. The Kier molecular flexibility index (Phi) is 20.1. The van der Waals surface area contributed by atoms with Crippen molar-refractivity contribution in [1.82, 2.24) is 5.43 Å². The van der Waals surface area contributed by atoms with Crippen molar-refractivity contribution >= 4 is 0 Å². The van der Waals surface area contributed by atoms with Crippen molar-refractivity contribution in [3.8, 4) is 0 Å². The molecule has 0 rings (SSSR count). The van der Waals surface area contributed by atoms with E-state index in [4.69, 9.17) is 5.84 Å². The number of hydrogen-bond donors (Lipinski definition) is 2. The van der Waals surface area contributed by atoms with Crippen LogP contribution < -0.4 is 11.3 Å². The van der Waals surface area contributed by atoms with E-state index < -0.39 is 0 Å². The van der Waals surface area contributed by atoms with E-state index in [2.05, 4.69) is 26.2 Å². The van der Waals surface area contributed by atoms with Gasteiger partial charge in [-0.05, 0) is 6.42 Å². The van der Waals surface area contributed by atoms with E-state index in [9.17, 15) is 0 Å². The average molecular weight is 146 g/mol. The quantitative estimate of drug-likeness (QED) is 0.362. The fourth-order valence-electron chi connectivity index (χ4n) is 0.477. The Morgan fingerprint density at radius 1 is 1.10 bits per heavy atom. The first-order valence-corrected chi connectivity index (χ1v) is 4.26. The van der Waals surface area contributed by atoms with E-state index in [0.29, 0.717) is 0 Å². The molecule has 0 saturated heterocycles. The van der Waals surface area contributed by atoms with Gasteiger partial charge in [0.05, 0.1) is 0 Å². The zero-order valence-electron chi connectivity index (χ0n) is 7.61. The largest absolute Gasteiger partial charge is 0.271 e. The summed E-state index contributed by atoms with van der Waals surface area (Å²) in [5.41, 5.74) is 2.60. The Hall–Kier alpha value is -0.0800. The van der Waals surface area contributed by atoms with Gasteiger partial charge in [-0.25, -0.2) is 0 Å². The number of unbranched alkanes of at least 4 members (excludes halogenated alkanes) is 2. The topological polar surface area (TPSA) is 38.0 Å². The van der Waals surface area contributed by atoms with Gasteiger partial charge in [-0.15, -0.1) is 0 Å². The van der Waals surface area contributed by atoms with E-state index in [1.54, 1.807) is 0 Å². The van der Waals surface area contributed by atoms with Crippen molar-refractivity contribution in [3.05, 3.63) is 0 Å². The van der Waals surface area contributed by atoms with E-state index >= 15 is 0 Å². The van der Waals surface area contributed by atoms with Gasteiger partial charge in [0.2, 0.25) is 0 Å². The molecule has 0 heterocycles. The number of nitrogens with one attached hydrogen (secondary N) is 1. The molecule has 0 radical (unpaired) electrons. The van der Waals surface area contributed by atoms with Gasteiger partial charge >= 0.3 is 0 Å². The Morgan fingerprint density at radius 3 is 1.90 bits per heavy atom. The lowest BCUT2D eigenvalue weighted by molar-refractivity contribution is 0.637. The molecular weight excluding hydrogens is 124 g/mol. The minimum Gasteiger partial charge on any atom is -0.271 e. The molecule has 0 aliphatic heterocycles. The fourth-order valence-corrected chi connectivity index (χ4v) is 0.477. The summed E-state index contributed by atoms with van der Waals surface area (Å²) < 4.78 is 0. The Labute approximate surface area is 65.2 Å². The minimum atomic E-state index is 0.952. The van der Waals surface area contributed by atoms with E-state index in [-0.39, 0.29) is 0 Å². The van der Waals surface area contributed by atoms with Crippen LogP contribution >= 0.6 is 0 Å². The summed E-state index contributed by atoms with van der Waals surface area (Å²) >= 11 is 0. The molecule has 0 spiro atoms. The first kappa shape index (κ1) is 12.6. The lowest BCUT2D eigenvalue weighted by atomic mass is 10.3. The van der Waals surface area contributed by atoms with E-state index in [1.165, 1.54) is 25.7 Å². The third-order valence-electron chi connectivity index (χ3n) is 0.925. The molecule has 3 N–H and O–H groups in total. The summed E-state index contributed by atoms with van der Waals surface area (Å²) in [7, 11) is 0. The highest BCUT2D eigenvalue weighted by Crippen LogP contribution is 1.89. The van der Waals surface area contributed by atoms with Crippen LogP contribution in [-0.4, -0.2) is 6.54 Å². The summed E-state index contributed by atoms with van der Waals surface area (Å²) in [5.74, 6) is 5.02. The minimum absolute atomic E-state index is 0.952. The van der Waals surface area contributed by atoms with Gasteiger partial charge < -0.3 is 0 Å². The summed E-state index contributed by atoms with van der Waals surface area (Å²) in [4.78, 5) is 0. The third-order valence-corrected chi connectivity index (χ3v) is 0.925. The van der Waals surface area contributed by atoms with Crippen LogP contribution in [0.5, 0.6) is 0 Å².